The van der Waals surface area contributed by atoms with Gasteiger partial charge in [-0.05, 0) is 45.0 Å². The molecule has 20 heavy (non-hydrogen) atoms. The molecule has 106 valence electrons. The number of benzene rings is 1. The summed E-state index contributed by atoms with van der Waals surface area (Å²) in [5, 5.41) is 0. The predicted octanol–water partition coefficient (Wildman–Crippen LogP) is 2.84. The molecule has 0 atom stereocenters. The van der Waals surface area contributed by atoms with Crippen LogP contribution in [0, 0.1) is 12.7 Å². The van der Waals surface area contributed by atoms with Crippen LogP contribution < -0.4 is 10.5 Å². The van der Waals surface area contributed by atoms with E-state index in [9.17, 15) is 4.39 Å². The standard InChI is InChI=1S/C15H18FN3O/c1-9(2)20-14-5-4-11(7-12(14)16)13-6-10(3)18-15(8-17)19-13/h4-7,9H,8,17H2,1-3H3. The monoisotopic (exact) mass is 275 g/mol. The van der Waals surface area contributed by atoms with Gasteiger partial charge in [0, 0.05) is 11.3 Å². The molecule has 0 saturated heterocycles. The number of hydrogen-bond acceptors (Lipinski definition) is 4. The first-order valence-corrected chi connectivity index (χ1v) is 6.51. The molecule has 0 aliphatic carbocycles. The van der Waals surface area contributed by atoms with E-state index in [-0.39, 0.29) is 18.4 Å². The molecule has 0 spiro atoms. The fraction of sp³-hybridized carbons (Fsp3) is 0.333. The lowest BCUT2D eigenvalue weighted by Gasteiger charge is -2.11. The molecule has 1 aromatic heterocycles. The molecule has 2 N–H and O–H groups in total. The summed E-state index contributed by atoms with van der Waals surface area (Å²) in [7, 11) is 0. The van der Waals surface area contributed by atoms with Gasteiger partial charge in [0.1, 0.15) is 5.82 Å². The lowest BCUT2D eigenvalue weighted by Crippen LogP contribution is -2.07. The van der Waals surface area contributed by atoms with Crippen molar-refractivity contribution >= 4 is 0 Å². The number of nitrogens with zero attached hydrogens (tertiary/aromatic N) is 2. The Morgan fingerprint density at radius 2 is 2.00 bits per heavy atom. The SMILES string of the molecule is Cc1cc(-c2ccc(OC(C)C)c(F)c2)nc(CN)n1. The van der Waals surface area contributed by atoms with Crippen LogP contribution in [0.3, 0.4) is 0 Å². The van der Waals surface area contributed by atoms with Gasteiger partial charge in [0.2, 0.25) is 0 Å². The summed E-state index contributed by atoms with van der Waals surface area (Å²) in [6.07, 6.45) is -0.0690. The zero-order valence-corrected chi connectivity index (χ0v) is 11.9. The molecular weight excluding hydrogens is 257 g/mol. The van der Waals surface area contributed by atoms with E-state index in [1.807, 2.05) is 20.8 Å². The highest BCUT2D eigenvalue weighted by molar-refractivity contribution is 5.60. The highest BCUT2D eigenvalue weighted by Crippen LogP contribution is 2.25. The fourth-order valence-electron chi connectivity index (χ4n) is 1.88. The van der Waals surface area contributed by atoms with Crippen LogP contribution in [0.2, 0.25) is 0 Å². The Kier molecular flexibility index (Phi) is 4.29. The van der Waals surface area contributed by atoms with Crippen LogP contribution in [0.15, 0.2) is 24.3 Å². The molecule has 0 aliphatic rings. The molecule has 0 fully saturated rings. The number of nitrogens with two attached hydrogens (primary N) is 1. The van der Waals surface area contributed by atoms with Crippen LogP contribution in [0.4, 0.5) is 4.39 Å². The third-order valence-electron chi connectivity index (χ3n) is 2.67. The summed E-state index contributed by atoms with van der Waals surface area (Å²) >= 11 is 0. The predicted molar refractivity (Wildman–Crippen MR) is 75.8 cm³/mol. The van der Waals surface area contributed by atoms with Crippen molar-refractivity contribution in [3.8, 4) is 17.0 Å². The third-order valence-corrected chi connectivity index (χ3v) is 2.67. The van der Waals surface area contributed by atoms with Gasteiger partial charge in [-0.2, -0.15) is 0 Å². The Morgan fingerprint density at radius 1 is 1.25 bits per heavy atom. The molecular formula is C15H18FN3O. The number of ether oxygens (including phenoxy) is 1. The number of hydrogen-bond donors (Lipinski definition) is 1. The maximum absolute atomic E-state index is 14.0. The Balaban J connectivity index is 2.38. The number of halogens is 1. The topological polar surface area (TPSA) is 61.0 Å². The van der Waals surface area contributed by atoms with Crippen molar-refractivity contribution in [2.75, 3.05) is 0 Å². The molecule has 0 unspecified atom stereocenters. The van der Waals surface area contributed by atoms with Gasteiger partial charge < -0.3 is 10.5 Å². The van der Waals surface area contributed by atoms with Crippen LogP contribution in [0.25, 0.3) is 11.3 Å². The smallest absolute Gasteiger partial charge is 0.165 e. The molecule has 5 heteroatoms. The second kappa shape index (κ2) is 5.96. The van der Waals surface area contributed by atoms with E-state index in [4.69, 9.17) is 10.5 Å². The molecule has 0 radical (unpaired) electrons. The van der Waals surface area contributed by atoms with E-state index >= 15 is 0 Å². The van der Waals surface area contributed by atoms with Crippen molar-refractivity contribution in [1.29, 1.82) is 0 Å². The summed E-state index contributed by atoms with van der Waals surface area (Å²) in [4.78, 5) is 8.51. The summed E-state index contributed by atoms with van der Waals surface area (Å²) in [5.41, 5.74) is 7.70. The Bertz CT molecular complexity index is 614. The fourth-order valence-corrected chi connectivity index (χ4v) is 1.88. The van der Waals surface area contributed by atoms with Gasteiger partial charge in [-0.3, -0.25) is 0 Å². The first kappa shape index (κ1) is 14.4. The molecule has 0 amide bonds. The number of aromatic nitrogens is 2. The quantitative estimate of drug-likeness (QED) is 0.932. The van der Waals surface area contributed by atoms with Gasteiger partial charge in [-0.1, -0.05) is 0 Å². The molecule has 0 aliphatic heterocycles. The van der Waals surface area contributed by atoms with Crippen molar-refractivity contribution in [3.05, 3.63) is 41.6 Å². The average molecular weight is 275 g/mol. The molecule has 0 saturated carbocycles. The normalized spacial score (nSPS) is 10.9. The number of aryl methyl sites for hydroxylation is 1. The summed E-state index contributed by atoms with van der Waals surface area (Å²) < 4.78 is 19.4. The van der Waals surface area contributed by atoms with Gasteiger partial charge in [-0.15, -0.1) is 0 Å². The highest BCUT2D eigenvalue weighted by Gasteiger charge is 2.10. The molecule has 1 aromatic carbocycles. The van der Waals surface area contributed by atoms with Gasteiger partial charge in [0.25, 0.3) is 0 Å². The second-order valence-corrected chi connectivity index (χ2v) is 4.83. The summed E-state index contributed by atoms with van der Waals surface area (Å²) in [6.45, 7) is 5.83. The van der Waals surface area contributed by atoms with Crippen LogP contribution in [0.5, 0.6) is 5.75 Å². The largest absolute Gasteiger partial charge is 0.488 e. The maximum atomic E-state index is 14.0. The zero-order chi connectivity index (χ0) is 14.7. The van der Waals surface area contributed by atoms with Crippen molar-refractivity contribution in [1.82, 2.24) is 9.97 Å². The molecule has 1 heterocycles. The maximum Gasteiger partial charge on any atom is 0.165 e. The van der Waals surface area contributed by atoms with E-state index in [2.05, 4.69) is 9.97 Å². The number of rotatable bonds is 4. The molecule has 2 rings (SSSR count). The first-order chi connectivity index (χ1) is 9.49. The van der Waals surface area contributed by atoms with Crippen LogP contribution in [0.1, 0.15) is 25.4 Å². The van der Waals surface area contributed by atoms with Crippen LogP contribution >= 0.6 is 0 Å². The van der Waals surface area contributed by atoms with Crippen molar-refractivity contribution in [3.63, 3.8) is 0 Å². The summed E-state index contributed by atoms with van der Waals surface area (Å²) in [5.74, 6) is 0.387. The zero-order valence-electron chi connectivity index (χ0n) is 11.9. The van der Waals surface area contributed by atoms with Gasteiger partial charge in [-0.25, -0.2) is 14.4 Å². The molecule has 2 aromatic rings. The van der Waals surface area contributed by atoms with Crippen LogP contribution in [-0.2, 0) is 6.54 Å². The van der Waals surface area contributed by atoms with E-state index < -0.39 is 5.82 Å². The first-order valence-electron chi connectivity index (χ1n) is 6.51. The lowest BCUT2D eigenvalue weighted by atomic mass is 10.1. The lowest BCUT2D eigenvalue weighted by molar-refractivity contribution is 0.231. The highest BCUT2D eigenvalue weighted by atomic mass is 19.1. The minimum absolute atomic E-state index is 0.0690. The minimum atomic E-state index is -0.401. The Hall–Kier alpha value is -2.01. The minimum Gasteiger partial charge on any atom is -0.488 e. The second-order valence-electron chi connectivity index (χ2n) is 4.83. The van der Waals surface area contributed by atoms with Crippen LogP contribution in [-0.4, -0.2) is 16.1 Å². The van der Waals surface area contributed by atoms with E-state index in [0.717, 1.165) is 5.69 Å². The van der Waals surface area contributed by atoms with Crippen molar-refractivity contribution in [2.24, 2.45) is 5.73 Å². The van der Waals surface area contributed by atoms with Gasteiger partial charge in [0.05, 0.1) is 18.3 Å². The van der Waals surface area contributed by atoms with E-state index in [0.29, 0.717) is 17.1 Å². The Morgan fingerprint density at radius 3 is 2.60 bits per heavy atom. The van der Waals surface area contributed by atoms with Crippen molar-refractivity contribution < 1.29 is 9.13 Å². The van der Waals surface area contributed by atoms with Gasteiger partial charge >= 0.3 is 0 Å². The molecule has 4 nitrogen and oxygen atoms in total. The summed E-state index contributed by atoms with van der Waals surface area (Å²) in [6, 6.07) is 6.61. The van der Waals surface area contributed by atoms with E-state index in [1.54, 1.807) is 18.2 Å². The average Bonchev–Trinajstić information content (AvgIpc) is 2.39. The van der Waals surface area contributed by atoms with Gasteiger partial charge in [0.15, 0.2) is 11.6 Å². The Labute approximate surface area is 117 Å². The van der Waals surface area contributed by atoms with Crippen molar-refractivity contribution in [2.45, 2.75) is 33.4 Å². The third kappa shape index (κ3) is 3.30. The van der Waals surface area contributed by atoms with E-state index in [1.165, 1.54) is 6.07 Å². The molecule has 0 bridgehead atoms.